The number of pyridine rings is 1. The quantitative estimate of drug-likeness (QED) is 0.720. The summed E-state index contributed by atoms with van der Waals surface area (Å²) in [7, 11) is 1.49. The predicted molar refractivity (Wildman–Crippen MR) is 77.0 cm³/mol. The van der Waals surface area contributed by atoms with Crippen molar-refractivity contribution in [3.05, 3.63) is 58.4 Å². The van der Waals surface area contributed by atoms with E-state index in [9.17, 15) is 4.79 Å². The van der Waals surface area contributed by atoms with Crippen LogP contribution in [-0.4, -0.2) is 12.1 Å². The van der Waals surface area contributed by atoms with Gasteiger partial charge < -0.3 is 9.15 Å². The van der Waals surface area contributed by atoms with Gasteiger partial charge in [-0.2, -0.15) is 10.2 Å². The molecule has 2 heterocycles. The average molecular weight is 278 g/mol. The number of rotatable bonds is 2. The normalized spacial score (nSPS) is 10.3. The van der Waals surface area contributed by atoms with Crippen LogP contribution >= 0.6 is 0 Å². The van der Waals surface area contributed by atoms with Crippen molar-refractivity contribution in [2.24, 2.45) is 0 Å². The van der Waals surface area contributed by atoms with Gasteiger partial charge >= 0.3 is 5.63 Å². The first-order chi connectivity index (χ1) is 10.2. The first-order valence-electron chi connectivity index (χ1n) is 6.20. The van der Waals surface area contributed by atoms with Crippen molar-refractivity contribution in [1.82, 2.24) is 4.98 Å². The lowest BCUT2D eigenvalue weighted by molar-refractivity contribution is 0.396. The van der Waals surface area contributed by atoms with E-state index in [2.05, 4.69) is 4.98 Å². The van der Waals surface area contributed by atoms with Crippen LogP contribution in [0.25, 0.3) is 22.2 Å². The highest BCUT2D eigenvalue weighted by Crippen LogP contribution is 2.22. The van der Waals surface area contributed by atoms with E-state index >= 15 is 0 Å². The van der Waals surface area contributed by atoms with Crippen molar-refractivity contribution < 1.29 is 9.15 Å². The van der Waals surface area contributed by atoms with Crippen LogP contribution in [0.3, 0.4) is 0 Å². The summed E-state index contributed by atoms with van der Waals surface area (Å²) in [6, 6.07) is 14.0. The molecule has 0 radical (unpaired) electrons. The number of benzene rings is 1. The second-order valence-corrected chi connectivity index (χ2v) is 4.39. The van der Waals surface area contributed by atoms with E-state index < -0.39 is 5.63 Å². The Bertz CT molecular complexity index is 923. The van der Waals surface area contributed by atoms with Crippen LogP contribution < -0.4 is 10.4 Å². The van der Waals surface area contributed by atoms with Crippen molar-refractivity contribution in [1.29, 1.82) is 5.26 Å². The van der Waals surface area contributed by atoms with E-state index in [0.29, 0.717) is 28.0 Å². The highest BCUT2D eigenvalue weighted by molar-refractivity contribution is 5.79. The van der Waals surface area contributed by atoms with Crippen molar-refractivity contribution >= 4 is 11.1 Å². The summed E-state index contributed by atoms with van der Waals surface area (Å²) in [5, 5.41) is 9.62. The molecule has 0 aliphatic rings. The van der Waals surface area contributed by atoms with Gasteiger partial charge in [-0.05, 0) is 29.8 Å². The van der Waals surface area contributed by atoms with Gasteiger partial charge in [-0.3, -0.25) is 0 Å². The molecule has 0 aliphatic carbocycles. The number of methoxy groups -OCH3 is 1. The molecule has 0 N–H and O–H groups in total. The van der Waals surface area contributed by atoms with E-state index in [-0.39, 0.29) is 5.71 Å². The fourth-order valence-electron chi connectivity index (χ4n) is 2.05. The molecule has 0 unspecified atom stereocenters. The molecule has 2 aromatic heterocycles. The van der Waals surface area contributed by atoms with Gasteiger partial charge in [0.05, 0.1) is 24.3 Å². The Hall–Kier alpha value is -3.13. The van der Waals surface area contributed by atoms with E-state index in [1.807, 2.05) is 6.07 Å². The number of nitrogens with zero attached hydrogens (tertiary/aromatic N) is 2. The van der Waals surface area contributed by atoms with Crippen LogP contribution in [0.15, 0.2) is 51.7 Å². The Morgan fingerprint density at radius 1 is 1.24 bits per heavy atom. The topological polar surface area (TPSA) is 76.1 Å². The Kier molecular flexibility index (Phi) is 3.13. The Labute approximate surface area is 120 Å². The second-order valence-electron chi connectivity index (χ2n) is 4.39. The van der Waals surface area contributed by atoms with Crippen LogP contribution in [0, 0.1) is 11.3 Å². The summed E-state index contributed by atoms with van der Waals surface area (Å²) in [5.41, 5.74) is 1.24. The molecule has 0 fully saturated rings. The van der Waals surface area contributed by atoms with Crippen molar-refractivity contribution in [2.45, 2.75) is 0 Å². The minimum absolute atomic E-state index is 0.222. The maximum Gasteiger partial charge on any atom is 0.345 e. The molecule has 0 saturated heterocycles. The molecule has 5 nitrogen and oxygen atoms in total. The summed E-state index contributed by atoms with van der Waals surface area (Å²) >= 11 is 0. The van der Waals surface area contributed by atoms with Gasteiger partial charge in [0.15, 0.2) is 0 Å². The Morgan fingerprint density at radius 2 is 2.10 bits per heavy atom. The van der Waals surface area contributed by atoms with E-state index in [4.69, 9.17) is 14.4 Å². The highest BCUT2D eigenvalue weighted by atomic mass is 16.5. The molecule has 0 amide bonds. The summed E-state index contributed by atoms with van der Waals surface area (Å²) in [4.78, 5) is 16.2. The molecule has 21 heavy (non-hydrogen) atoms. The molecule has 0 bridgehead atoms. The fraction of sp³-hybridized carbons (Fsp3) is 0.0625. The monoisotopic (exact) mass is 278 g/mol. The number of nitriles is 1. The maximum atomic E-state index is 12.1. The smallest absolute Gasteiger partial charge is 0.345 e. The van der Waals surface area contributed by atoms with Crippen LogP contribution in [0.4, 0.5) is 0 Å². The predicted octanol–water partition coefficient (Wildman–Crippen LogP) is 2.74. The first kappa shape index (κ1) is 12.9. The Balaban J connectivity index is 2.22. The SMILES string of the molecule is COc1ccc2cc(-c3cccc(C#N)c3)c(=O)oc2n1. The van der Waals surface area contributed by atoms with E-state index in [1.165, 1.54) is 7.11 Å². The molecule has 3 rings (SSSR count). The van der Waals surface area contributed by atoms with Gasteiger partial charge in [-0.1, -0.05) is 12.1 Å². The number of ether oxygens (including phenoxy) is 1. The molecule has 102 valence electrons. The molecule has 3 aromatic rings. The summed E-state index contributed by atoms with van der Waals surface area (Å²) in [5.74, 6) is 0.380. The zero-order valence-corrected chi connectivity index (χ0v) is 11.2. The Morgan fingerprint density at radius 3 is 2.86 bits per heavy atom. The largest absolute Gasteiger partial charge is 0.481 e. The summed E-state index contributed by atoms with van der Waals surface area (Å²) in [6.07, 6.45) is 0. The van der Waals surface area contributed by atoms with Gasteiger partial charge in [0.2, 0.25) is 11.6 Å². The maximum absolute atomic E-state index is 12.1. The first-order valence-corrected chi connectivity index (χ1v) is 6.20. The third kappa shape index (κ3) is 2.35. The van der Waals surface area contributed by atoms with Gasteiger partial charge in [-0.15, -0.1) is 0 Å². The molecule has 5 heteroatoms. The minimum atomic E-state index is -0.502. The number of fused-ring (bicyclic) bond motifs is 1. The van der Waals surface area contributed by atoms with Crippen molar-refractivity contribution in [3.8, 4) is 23.1 Å². The van der Waals surface area contributed by atoms with Gasteiger partial charge in [0, 0.05) is 11.5 Å². The molecule has 0 spiro atoms. The number of hydrogen-bond donors (Lipinski definition) is 0. The van der Waals surface area contributed by atoms with Crippen LogP contribution in [0.2, 0.25) is 0 Å². The van der Waals surface area contributed by atoms with Crippen LogP contribution in [0.1, 0.15) is 5.56 Å². The van der Waals surface area contributed by atoms with Gasteiger partial charge in [-0.25, -0.2) is 4.79 Å². The van der Waals surface area contributed by atoms with Crippen LogP contribution in [-0.2, 0) is 0 Å². The van der Waals surface area contributed by atoms with Crippen LogP contribution in [0.5, 0.6) is 5.88 Å². The molecule has 1 aromatic carbocycles. The minimum Gasteiger partial charge on any atom is -0.481 e. The zero-order chi connectivity index (χ0) is 14.8. The lowest BCUT2D eigenvalue weighted by atomic mass is 10.0. The van der Waals surface area contributed by atoms with E-state index in [1.54, 1.807) is 42.5 Å². The lowest BCUT2D eigenvalue weighted by Gasteiger charge is -2.04. The molecular formula is C16H10N2O3. The van der Waals surface area contributed by atoms with Crippen molar-refractivity contribution in [3.63, 3.8) is 0 Å². The third-order valence-electron chi connectivity index (χ3n) is 3.09. The average Bonchev–Trinajstić information content (AvgIpc) is 2.53. The fourth-order valence-corrected chi connectivity index (χ4v) is 2.05. The zero-order valence-electron chi connectivity index (χ0n) is 11.2. The molecule has 0 atom stereocenters. The summed E-state index contributed by atoms with van der Waals surface area (Å²) < 4.78 is 10.2. The summed E-state index contributed by atoms with van der Waals surface area (Å²) in [6.45, 7) is 0. The highest BCUT2D eigenvalue weighted by Gasteiger charge is 2.10. The molecule has 0 saturated carbocycles. The number of hydrogen-bond acceptors (Lipinski definition) is 5. The molecule has 0 aliphatic heterocycles. The second kappa shape index (κ2) is 5.10. The number of aromatic nitrogens is 1. The van der Waals surface area contributed by atoms with Crippen molar-refractivity contribution in [2.75, 3.05) is 7.11 Å². The lowest BCUT2D eigenvalue weighted by Crippen LogP contribution is -2.03. The third-order valence-corrected chi connectivity index (χ3v) is 3.09. The molecular weight excluding hydrogens is 268 g/mol. The van der Waals surface area contributed by atoms with Gasteiger partial charge in [0.25, 0.3) is 0 Å². The van der Waals surface area contributed by atoms with E-state index in [0.717, 1.165) is 0 Å². The van der Waals surface area contributed by atoms with Gasteiger partial charge in [0.1, 0.15) is 0 Å². The standard InChI is InChI=1S/C16H10N2O3/c1-20-14-6-5-12-8-13(16(19)21-15(12)18-14)11-4-2-3-10(7-11)9-17/h2-8H,1H3.